The first-order valence-corrected chi connectivity index (χ1v) is 6.87. The molecule has 1 aliphatic heterocycles. The monoisotopic (exact) mass is 256 g/mol. The average Bonchev–Trinajstić information content (AvgIpc) is 2.30. The normalized spacial score (nSPS) is 21.9. The number of piperazine rings is 1. The Bertz CT molecular complexity index is 262. The zero-order valence-corrected chi connectivity index (χ0v) is 12.1. The van der Waals surface area contributed by atoms with Crippen molar-refractivity contribution < 1.29 is 4.79 Å². The summed E-state index contributed by atoms with van der Waals surface area (Å²) < 4.78 is 0. The van der Waals surface area contributed by atoms with Gasteiger partial charge in [0.2, 0.25) is 5.91 Å². The Balaban J connectivity index is 2.28. The van der Waals surface area contributed by atoms with Crippen LogP contribution in [0.4, 0.5) is 0 Å². The molecule has 0 aromatic heterocycles. The van der Waals surface area contributed by atoms with Gasteiger partial charge in [-0.15, -0.1) is 0 Å². The van der Waals surface area contributed by atoms with E-state index in [4.69, 9.17) is 5.73 Å². The van der Waals surface area contributed by atoms with Gasteiger partial charge in [-0.25, -0.2) is 0 Å². The van der Waals surface area contributed by atoms with Gasteiger partial charge in [-0.1, -0.05) is 13.8 Å². The lowest BCUT2D eigenvalue weighted by molar-refractivity contribution is -0.124. The van der Waals surface area contributed by atoms with E-state index in [0.29, 0.717) is 0 Å². The summed E-state index contributed by atoms with van der Waals surface area (Å²) >= 11 is 0. The second kappa shape index (κ2) is 7.07. The second-order valence-corrected chi connectivity index (χ2v) is 5.78. The molecule has 5 nitrogen and oxygen atoms in total. The molecule has 3 N–H and O–H groups in total. The van der Waals surface area contributed by atoms with Gasteiger partial charge in [-0.05, 0) is 19.9 Å². The minimum absolute atomic E-state index is 0.0355. The van der Waals surface area contributed by atoms with Gasteiger partial charge in [0.05, 0.1) is 6.04 Å². The number of nitrogens with one attached hydrogen (secondary N) is 1. The molecule has 0 aromatic rings. The van der Waals surface area contributed by atoms with E-state index >= 15 is 0 Å². The molecule has 0 spiro atoms. The molecule has 1 rings (SSSR count). The number of likely N-dealkylation sites (N-methyl/N-ethyl adjacent to an activating group) is 1. The molecule has 1 saturated heterocycles. The molecule has 0 aliphatic carbocycles. The molecule has 0 radical (unpaired) electrons. The van der Waals surface area contributed by atoms with Gasteiger partial charge in [0, 0.05) is 38.8 Å². The number of nitrogens with zero attached hydrogens (tertiary/aromatic N) is 2. The van der Waals surface area contributed by atoms with E-state index < -0.39 is 6.04 Å². The maximum absolute atomic E-state index is 11.8. The maximum Gasteiger partial charge on any atom is 0.237 e. The molecule has 5 heteroatoms. The number of hydrogen-bond acceptors (Lipinski definition) is 4. The summed E-state index contributed by atoms with van der Waals surface area (Å²) in [5, 5.41) is 3.00. The molecule has 18 heavy (non-hydrogen) atoms. The predicted molar refractivity (Wildman–Crippen MR) is 74.4 cm³/mol. The van der Waals surface area contributed by atoms with Crippen LogP contribution in [-0.2, 0) is 4.79 Å². The van der Waals surface area contributed by atoms with Gasteiger partial charge in [-0.2, -0.15) is 0 Å². The largest absolute Gasteiger partial charge is 0.351 e. The summed E-state index contributed by atoms with van der Waals surface area (Å²) in [5.74, 6) is 0.146. The minimum atomic E-state index is -0.403. The lowest BCUT2D eigenvalue weighted by Gasteiger charge is -2.34. The molecule has 0 bridgehead atoms. The number of carbonyl (C=O) groups is 1. The van der Waals surface area contributed by atoms with Crippen LogP contribution >= 0.6 is 0 Å². The fourth-order valence-corrected chi connectivity index (χ4v) is 2.11. The van der Waals surface area contributed by atoms with Crippen molar-refractivity contribution in [2.45, 2.75) is 32.9 Å². The fourth-order valence-electron chi connectivity index (χ4n) is 2.11. The Morgan fingerprint density at radius 1 is 1.22 bits per heavy atom. The Hall–Kier alpha value is -0.650. The van der Waals surface area contributed by atoms with E-state index in [-0.39, 0.29) is 17.9 Å². The zero-order valence-electron chi connectivity index (χ0n) is 12.1. The number of carbonyl (C=O) groups excluding carboxylic acids is 1. The Morgan fingerprint density at radius 3 is 2.28 bits per heavy atom. The molecule has 1 heterocycles. The van der Waals surface area contributed by atoms with Gasteiger partial charge in [0.15, 0.2) is 0 Å². The summed E-state index contributed by atoms with van der Waals surface area (Å²) in [4.78, 5) is 16.5. The summed E-state index contributed by atoms with van der Waals surface area (Å²) in [6.07, 6.45) is 0. The average molecular weight is 256 g/mol. The van der Waals surface area contributed by atoms with Crippen LogP contribution in [0, 0.1) is 5.92 Å². The first kappa shape index (κ1) is 15.4. The van der Waals surface area contributed by atoms with Gasteiger partial charge >= 0.3 is 0 Å². The summed E-state index contributed by atoms with van der Waals surface area (Å²) in [5.41, 5.74) is 5.83. The SMILES string of the molecule is CC(CN1CCN(C)CC1)NC(=O)[C@@H](N)C(C)C. The van der Waals surface area contributed by atoms with Crippen LogP contribution in [0.2, 0.25) is 0 Å². The van der Waals surface area contributed by atoms with E-state index in [1.165, 1.54) is 0 Å². The van der Waals surface area contributed by atoms with Crippen LogP contribution in [0.15, 0.2) is 0 Å². The van der Waals surface area contributed by atoms with E-state index in [9.17, 15) is 4.79 Å². The standard InChI is InChI=1S/C13H28N4O/c1-10(2)12(14)13(18)15-11(3)9-17-7-5-16(4)6-8-17/h10-12H,5-9,14H2,1-4H3,(H,15,18)/t11?,12-/m0/s1. The number of amides is 1. The lowest BCUT2D eigenvalue weighted by Crippen LogP contribution is -2.52. The molecule has 0 saturated carbocycles. The quantitative estimate of drug-likeness (QED) is 0.710. The molecule has 1 unspecified atom stereocenters. The molecule has 1 aliphatic rings. The van der Waals surface area contributed by atoms with E-state index in [0.717, 1.165) is 32.7 Å². The summed E-state index contributed by atoms with van der Waals surface area (Å²) in [6.45, 7) is 11.2. The van der Waals surface area contributed by atoms with Gasteiger partial charge < -0.3 is 16.0 Å². The number of rotatable bonds is 5. The van der Waals surface area contributed by atoms with Crippen LogP contribution < -0.4 is 11.1 Å². The molecular formula is C13H28N4O. The van der Waals surface area contributed by atoms with Crippen molar-refractivity contribution >= 4 is 5.91 Å². The van der Waals surface area contributed by atoms with Crippen molar-refractivity contribution in [2.24, 2.45) is 11.7 Å². The number of nitrogens with two attached hydrogens (primary N) is 1. The first-order valence-electron chi connectivity index (χ1n) is 6.87. The molecule has 1 fully saturated rings. The molecule has 0 aromatic carbocycles. The van der Waals surface area contributed by atoms with Gasteiger partial charge in [0.25, 0.3) is 0 Å². The molecule has 1 amide bonds. The predicted octanol–water partition coefficient (Wildman–Crippen LogP) is -0.278. The van der Waals surface area contributed by atoms with Crippen LogP contribution in [0.5, 0.6) is 0 Å². The van der Waals surface area contributed by atoms with Crippen molar-refractivity contribution in [3.8, 4) is 0 Å². The molecular weight excluding hydrogens is 228 g/mol. The maximum atomic E-state index is 11.8. The third kappa shape index (κ3) is 4.92. The Labute approximate surface area is 111 Å². The van der Waals surface area contributed by atoms with Gasteiger partial charge in [0.1, 0.15) is 0 Å². The Kier molecular flexibility index (Phi) is 6.05. The highest BCUT2D eigenvalue weighted by Gasteiger charge is 2.21. The summed E-state index contributed by atoms with van der Waals surface area (Å²) in [7, 11) is 2.14. The van der Waals surface area contributed by atoms with Crippen molar-refractivity contribution in [2.75, 3.05) is 39.8 Å². The van der Waals surface area contributed by atoms with E-state index in [1.54, 1.807) is 0 Å². The minimum Gasteiger partial charge on any atom is -0.351 e. The van der Waals surface area contributed by atoms with Crippen LogP contribution in [0.3, 0.4) is 0 Å². The van der Waals surface area contributed by atoms with Gasteiger partial charge in [-0.3, -0.25) is 9.69 Å². The highest BCUT2D eigenvalue weighted by Crippen LogP contribution is 2.02. The van der Waals surface area contributed by atoms with Crippen LogP contribution in [-0.4, -0.2) is 67.6 Å². The second-order valence-electron chi connectivity index (χ2n) is 5.78. The third-order valence-electron chi connectivity index (χ3n) is 3.54. The molecule has 106 valence electrons. The number of hydrogen-bond donors (Lipinski definition) is 2. The van der Waals surface area contributed by atoms with Crippen LogP contribution in [0.25, 0.3) is 0 Å². The van der Waals surface area contributed by atoms with Crippen molar-refractivity contribution in [3.63, 3.8) is 0 Å². The highest BCUT2D eigenvalue weighted by atomic mass is 16.2. The van der Waals surface area contributed by atoms with Crippen molar-refractivity contribution in [1.29, 1.82) is 0 Å². The van der Waals surface area contributed by atoms with E-state index in [2.05, 4.69) is 22.2 Å². The van der Waals surface area contributed by atoms with Crippen molar-refractivity contribution in [1.82, 2.24) is 15.1 Å². The highest BCUT2D eigenvalue weighted by molar-refractivity contribution is 5.81. The van der Waals surface area contributed by atoms with Crippen LogP contribution in [0.1, 0.15) is 20.8 Å². The zero-order chi connectivity index (χ0) is 13.7. The molecule has 2 atom stereocenters. The first-order chi connectivity index (χ1) is 8.40. The lowest BCUT2D eigenvalue weighted by atomic mass is 10.0. The van der Waals surface area contributed by atoms with E-state index in [1.807, 2.05) is 20.8 Å². The fraction of sp³-hybridized carbons (Fsp3) is 0.923. The topological polar surface area (TPSA) is 61.6 Å². The third-order valence-corrected chi connectivity index (χ3v) is 3.54. The smallest absolute Gasteiger partial charge is 0.237 e. The Morgan fingerprint density at radius 2 is 1.78 bits per heavy atom. The van der Waals surface area contributed by atoms with Crippen molar-refractivity contribution in [3.05, 3.63) is 0 Å². The summed E-state index contributed by atoms with van der Waals surface area (Å²) in [6, 6.07) is -0.245.